The predicted molar refractivity (Wildman–Crippen MR) is 107 cm³/mol. The Morgan fingerprint density at radius 1 is 1.44 bits per heavy atom. The standard InChI is InChI=1S/C16H19Cl2FN4S2/c1-22(2)7-10-3-4-23(8-10)13-6-12(19)14(5-11(13)17)25-21-16-20-15(18)9-24-16/h5-6,9-10H,3-4,7-8H2,1-2H3,(H,20,21). The van der Waals surface area contributed by atoms with Gasteiger partial charge in [0.05, 0.1) is 15.6 Å². The minimum absolute atomic E-state index is 0.296. The molecular weight excluding hydrogens is 402 g/mol. The number of rotatable bonds is 6. The summed E-state index contributed by atoms with van der Waals surface area (Å²) >= 11 is 14.7. The summed E-state index contributed by atoms with van der Waals surface area (Å²) < 4.78 is 17.5. The summed E-state index contributed by atoms with van der Waals surface area (Å²) in [5.74, 6) is 0.287. The second kappa shape index (κ2) is 8.31. The van der Waals surface area contributed by atoms with Crippen LogP contribution >= 0.6 is 46.5 Å². The Hall–Kier alpha value is -0.730. The van der Waals surface area contributed by atoms with Crippen LogP contribution in [0.1, 0.15) is 6.42 Å². The monoisotopic (exact) mass is 420 g/mol. The van der Waals surface area contributed by atoms with E-state index in [0.29, 0.717) is 26.1 Å². The molecule has 0 aliphatic carbocycles. The van der Waals surface area contributed by atoms with Crippen LogP contribution in [-0.2, 0) is 0 Å². The predicted octanol–water partition coefficient (Wildman–Crippen LogP) is 5.10. The first-order valence-corrected chi connectivity index (χ1v) is 10.3. The fraction of sp³-hybridized carbons (Fsp3) is 0.438. The zero-order valence-corrected chi connectivity index (χ0v) is 17.1. The van der Waals surface area contributed by atoms with Crippen molar-refractivity contribution in [2.45, 2.75) is 11.3 Å². The van der Waals surface area contributed by atoms with Crippen molar-refractivity contribution in [2.75, 3.05) is 43.4 Å². The molecule has 1 atom stereocenters. The van der Waals surface area contributed by atoms with Crippen LogP contribution in [0.25, 0.3) is 0 Å². The third-order valence-corrected chi connectivity index (χ3v) is 6.32. The zero-order valence-electron chi connectivity index (χ0n) is 13.9. The van der Waals surface area contributed by atoms with E-state index < -0.39 is 0 Å². The normalized spacial score (nSPS) is 17.5. The van der Waals surface area contributed by atoms with Gasteiger partial charge in [0.2, 0.25) is 0 Å². The SMILES string of the molecule is CN(C)CC1CCN(c2cc(F)c(SNc3nc(Cl)cs3)cc2Cl)C1. The van der Waals surface area contributed by atoms with E-state index in [4.69, 9.17) is 23.2 Å². The smallest absolute Gasteiger partial charge is 0.194 e. The summed E-state index contributed by atoms with van der Waals surface area (Å²) in [6.07, 6.45) is 1.10. The maximum Gasteiger partial charge on any atom is 0.194 e. The van der Waals surface area contributed by atoms with Crippen LogP contribution < -0.4 is 9.62 Å². The summed E-state index contributed by atoms with van der Waals surface area (Å²) in [4.78, 5) is 8.86. The fourth-order valence-electron chi connectivity index (χ4n) is 2.96. The van der Waals surface area contributed by atoms with Crippen molar-refractivity contribution in [1.82, 2.24) is 9.88 Å². The average Bonchev–Trinajstić information content (AvgIpc) is 3.16. The molecule has 1 saturated heterocycles. The summed E-state index contributed by atoms with van der Waals surface area (Å²) in [5, 5.41) is 3.33. The highest BCUT2D eigenvalue weighted by Gasteiger charge is 2.25. The molecule has 25 heavy (non-hydrogen) atoms. The minimum atomic E-state index is -0.296. The molecule has 0 radical (unpaired) electrons. The van der Waals surface area contributed by atoms with E-state index in [-0.39, 0.29) is 5.82 Å². The second-order valence-electron chi connectivity index (χ2n) is 6.28. The molecule has 1 unspecified atom stereocenters. The Balaban J connectivity index is 1.68. The van der Waals surface area contributed by atoms with Crippen LogP contribution in [0.3, 0.4) is 0 Å². The third-order valence-electron chi connectivity index (χ3n) is 3.98. The molecule has 0 amide bonds. The lowest BCUT2D eigenvalue weighted by Gasteiger charge is -2.22. The number of thiazole rings is 1. The molecule has 136 valence electrons. The number of aromatic nitrogens is 1. The van der Waals surface area contributed by atoms with E-state index in [9.17, 15) is 4.39 Å². The van der Waals surface area contributed by atoms with Crippen molar-refractivity contribution in [3.8, 4) is 0 Å². The van der Waals surface area contributed by atoms with E-state index in [1.165, 1.54) is 17.4 Å². The minimum Gasteiger partial charge on any atom is -0.370 e. The summed E-state index contributed by atoms with van der Waals surface area (Å²) in [6.45, 7) is 2.84. The lowest BCUT2D eigenvalue weighted by molar-refractivity contribution is 0.340. The zero-order chi connectivity index (χ0) is 18.0. The molecule has 4 nitrogen and oxygen atoms in total. The van der Waals surface area contributed by atoms with Crippen molar-refractivity contribution in [1.29, 1.82) is 0 Å². The molecule has 1 fully saturated rings. The number of anilines is 2. The van der Waals surface area contributed by atoms with Crippen molar-refractivity contribution >= 4 is 57.3 Å². The van der Waals surface area contributed by atoms with Crippen LogP contribution in [-0.4, -0.2) is 43.6 Å². The number of benzene rings is 1. The maximum atomic E-state index is 14.5. The topological polar surface area (TPSA) is 31.4 Å². The quantitative estimate of drug-likeness (QED) is 0.657. The van der Waals surface area contributed by atoms with E-state index in [1.807, 2.05) is 0 Å². The number of hydrogen-bond acceptors (Lipinski definition) is 6. The largest absolute Gasteiger partial charge is 0.370 e. The first-order valence-electron chi connectivity index (χ1n) is 7.85. The van der Waals surface area contributed by atoms with Gasteiger partial charge in [-0.2, -0.15) is 0 Å². The molecular formula is C16H19Cl2FN4S2. The number of halogens is 3. The summed E-state index contributed by atoms with van der Waals surface area (Å²) in [5.41, 5.74) is 0.766. The molecule has 9 heteroatoms. The van der Waals surface area contributed by atoms with Crippen LogP contribution in [0.4, 0.5) is 15.2 Å². The molecule has 2 heterocycles. The van der Waals surface area contributed by atoms with E-state index in [0.717, 1.165) is 43.7 Å². The molecule has 2 aromatic rings. The molecule has 1 aliphatic heterocycles. The number of nitrogens with one attached hydrogen (secondary N) is 1. The first-order chi connectivity index (χ1) is 11.9. The van der Waals surface area contributed by atoms with Gasteiger partial charge in [-0.25, -0.2) is 9.37 Å². The molecule has 3 rings (SSSR count). The Morgan fingerprint density at radius 2 is 2.24 bits per heavy atom. The molecule has 0 spiro atoms. The second-order valence-corrected chi connectivity index (χ2v) is 8.78. The van der Waals surface area contributed by atoms with E-state index in [2.05, 4.69) is 33.6 Å². The number of hydrogen-bond donors (Lipinski definition) is 1. The van der Waals surface area contributed by atoms with Gasteiger partial charge in [-0.15, -0.1) is 11.3 Å². The first kappa shape index (κ1) is 19.0. The van der Waals surface area contributed by atoms with Crippen molar-refractivity contribution in [3.63, 3.8) is 0 Å². The Morgan fingerprint density at radius 3 is 2.92 bits per heavy atom. The van der Waals surface area contributed by atoms with Gasteiger partial charge in [0.25, 0.3) is 0 Å². The Kier molecular flexibility index (Phi) is 6.33. The fourth-order valence-corrected chi connectivity index (χ4v) is 4.88. The lowest BCUT2D eigenvalue weighted by Crippen LogP contribution is -2.25. The van der Waals surface area contributed by atoms with Crippen molar-refractivity contribution in [2.24, 2.45) is 5.92 Å². The maximum absolute atomic E-state index is 14.5. The van der Waals surface area contributed by atoms with Gasteiger partial charge in [0, 0.05) is 25.0 Å². The van der Waals surface area contributed by atoms with Crippen LogP contribution in [0.15, 0.2) is 22.4 Å². The van der Waals surface area contributed by atoms with Gasteiger partial charge in [-0.05, 0) is 50.5 Å². The summed E-state index contributed by atoms with van der Waals surface area (Å²) in [6, 6.07) is 3.19. The Labute approximate surface area is 165 Å². The van der Waals surface area contributed by atoms with Crippen molar-refractivity contribution < 1.29 is 4.39 Å². The third kappa shape index (κ3) is 4.92. The highest BCUT2D eigenvalue weighted by Crippen LogP contribution is 2.36. The molecule has 0 bridgehead atoms. The molecule has 0 saturated carbocycles. The van der Waals surface area contributed by atoms with Gasteiger partial charge in [-0.1, -0.05) is 23.2 Å². The van der Waals surface area contributed by atoms with Gasteiger partial charge in [0.15, 0.2) is 5.13 Å². The number of nitrogens with zero attached hydrogens (tertiary/aromatic N) is 3. The highest BCUT2D eigenvalue weighted by molar-refractivity contribution is 8.00. The van der Waals surface area contributed by atoms with E-state index >= 15 is 0 Å². The van der Waals surface area contributed by atoms with Gasteiger partial charge >= 0.3 is 0 Å². The van der Waals surface area contributed by atoms with Gasteiger partial charge in [-0.3, -0.25) is 0 Å². The van der Waals surface area contributed by atoms with E-state index in [1.54, 1.807) is 11.4 Å². The lowest BCUT2D eigenvalue weighted by atomic mass is 10.1. The Bertz CT molecular complexity index is 741. The van der Waals surface area contributed by atoms with Crippen LogP contribution in [0, 0.1) is 11.7 Å². The molecule has 1 aliphatic rings. The highest BCUT2D eigenvalue weighted by atomic mass is 35.5. The molecule has 1 aromatic carbocycles. The van der Waals surface area contributed by atoms with Gasteiger partial charge in [0.1, 0.15) is 11.0 Å². The average molecular weight is 421 g/mol. The molecule has 1 N–H and O–H groups in total. The van der Waals surface area contributed by atoms with Crippen LogP contribution in [0.5, 0.6) is 0 Å². The van der Waals surface area contributed by atoms with Crippen molar-refractivity contribution in [3.05, 3.63) is 33.5 Å². The molecule has 1 aromatic heterocycles. The summed E-state index contributed by atoms with van der Waals surface area (Å²) in [7, 11) is 4.15. The van der Waals surface area contributed by atoms with Gasteiger partial charge < -0.3 is 14.5 Å². The van der Waals surface area contributed by atoms with Crippen LogP contribution in [0.2, 0.25) is 10.2 Å².